The predicted octanol–water partition coefficient (Wildman–Crippen LogP) is 6.35. The maximum absolute atomic E-state index is 12.6. The zero-order chi connectivity index (χ0) is 59.3. The van der Waals surface area contributed by atoms with Crippen LogP contribution in [-0.2, 0) is 47.6 Å². The monoisotopic (exact) mass is 1140 g/mol. The number of allylic oxidation sites excluding steroid dienone is 6. The first kappa shape index (κ1) is 66.2. The summed E-state index contributed by atoms with van der Waals surface area (Å²) in [5.74, 6) is 0.781. The van der Waals surface area contributed by atoms with Gasteiger partial charge in [-0.05, 0) is 121 Å². The van der Waals surface area contributed by atoms with Crippen LogP contribution in [0, 0.1) is 29.6 Å². The van der Waals surface area contributed by atoms with Crippen LogP contribution in [-0.4, -0.2) is 155 Å². The molecular formula is C63H101N5O13. The number of carbonyl (C=O) groups excluding carboxylic acids is 3. The fourth-order valence-corrected chi connectivity index (χ4v) is 11.8. The quantitative estimate of drug-likeness (QED) is 0.0374. The van der Waals surface area contributed by atoms with Crippen LogP contribution in [0.2, 0.25) is 0 Å². The lowest BCUT2D eigenvalue weighted by Gasteiger charge is -2.39. The molecule has 0 aromatic rings. The molecule has 16 atom stereocenters. The number of ether oxygens (including phenoxy) is 6. The third kappa shape index (κ3) is 20.7. The van der Waals surface area contributed by atoms with Crippen molar-refractivity contribution in [3.63, 3.8) is 0 Å². The summed E-state index contributed by atoms with van der Waals surface area (Å²) in [5, 5.41) is 36.8. The highest BCUT2D eigenvalue weighted by atomic mass is 16.6. The van der Waals surface area contributed by atoms with Crippen LogP contribution in [0.5, 0.6) is 0 Å². The molecule has 0 aromatic carbocycles. The topological polar surface area (TPSA) is 293 Å². The van der Waals surface area contributed by atoms with Crippen molar-refractivity contribution in [3.05, 3.63) is 71.9 Å². The summed E-state index contributed by atoms with van der Waals surface area (Å²) in [6.45, 7) is 21.4. The number of hydrogen-bond donors (Lipinski definition) is 8. The molecule has 18 heteroatoms. The van der Waals surface area contributed by atoms with Crippen molar-refractivity contribution in [3.8, 4) is 0 Å². The van der Waals surface area contributed by atoms with Gasteiger partial charge in [0.1, 0.15) is 41.4 Å². The Morgan fingerprint density at radius 3 is 1.32 bits per heavy atom. The minimum atomic E-state index is -0.925. The summed E-state index contributed by atoms with van der Waals surface area (Å²) in [7, 11) is 0. The number of hydrogen-bond acceptors (Lipinski definition) is 15. The van der Waals surface area contributed by atoms with Gasteiger partial charge >= 0.3 is 5.97 Å². The van der Waals surface area contributed by atoms with Crippen LogP contribution in [0.4, 0.5) is 0 Å². The van der Waals surface area contributed by atoms with Crippen molar-refractivity contribution < 1.29 is 62.9 Å². The molecule has 0 bridgehead atoms. The van der Waals surface area contributed by atoms with Gasteiger partial charge in [-0.2, -0.15) is 0 Å². The minimum Gasteiger partial charge on any atom is -0.481 e. The van der Waals surface area contributed by atoms with E-state index in [0.717, 1.165) is 62.5 Å². The van der Waals surface area contributed by atoms with Crippen LogP contribution in [0.3, 0.4) is 0 Å². The number of aliphatic hydroxyl groups is 2. The molecule has 8 fully saturated rings. The van der Waals surface area contributed by atoms with Crippen molar-refractivity contribution in [2.75, 3.05) is 13.2 Å². The molecule has 0 radical (unpaired) electrons. The van der Waals surface area contributed by atoms with Crippen LogP contribution >= 0.6 is 0 Å². The first-order valence-electron chi connectivity index (χ1n) is 30.1. The highest BCUT2D eigenvalue weighted by molar-refractivity contribution is 5.88. The van der Waals surface area contributed by atoms with Crippen molar-refractivity contribution in [1.29, 1.82) is 0 Å². The molecule has 8 aliphatic rings. The first-order chi connectivity index (χ1) is 38.2. The second kappa shape index (κ2) is 30.2. The average molecular weight is 1140 g/mol. The molecule has 6 heterocycles. The van der Waals surface area contributed by atoms with Crippen molar-refractivity contribution in [2.24, 2.45) is 46.8 Å². The van der Waals surface area contributed by atoms with Gasteiger partial charge in [0.15, 0.2) is 0 Å². The number of Topliss-reactive ketones (excluding diaryl/α,β-unsaturated/α-hetero) is 1. The molecule has 11 N–H and O–H groups in total. The smallest absolute Gasteiger partial charge is 0.305 e. The molecule has 6 aliphatic heterocycles. The highest BCUT2D eigenvalue weighted by Crippen LogP contribution is 2.45. The van der Waals surface area contributed by atoms with E-state index in [9.17, 15) is 29.4 Å². The zero-order valence-corrected chi connectivity index (χ0v) is 50.1. The van der Waals surface area contributed by atoms with Crippen LogP contribution < -0.4 is 27.8 Å². The lowest BCUT2D eigenvalue weighted by molar-refractivity contribution is -0.155. The van der Waals surface area contributed by atoms with Gasteiger partial charge in [0.05, 0.1) is 68.3 Å². The molecule has 81 heavy (non-hydrogen) atoms. The number of nitrogens with one attached hydrogen (secondary N) is 2. The third-order valence-corrected chi connectivity index (χ3v) is 17.2. The number of carbonyl (C=O) groups is 4. The van der Waals surface area contributed by atoms with Gasteiger partial charge in [0, 0.05) is 43.8 Å². The van der Waals surface area contributed by atoms with Crippen molar-refractivity contribution in [1.82, 2.24) is 10.6 Å². The molecule has 2 amide bonds. The summed E-state index contributed by atoms with van der Waals surface area (Å²) in [6.07, 6.45) is 24.2. The Balaban J connectivity index is 0.000000237. The lowest BCUT2D eigenvalue weighted by Crippen LogP contribution is -2.50. The SMILES string of the molecule is CC(/C=C/[C@H]1O[C@H](CC(=O)CC2CC(N)C2)C[C@@]2(CO2)[C@@H]1O)=C\C[C@@H]1O[C@H](C)[C@H](NC(=O)/C=C\C(C)C)C[C@@H]1C.CC(/C=C/[C@H]1O[C@H](CC(=O)O)C[C@@]2(CO2)[C@@H]1O)=C\C[C@@H]1O[C@H](C)[C@H](NC(=O)/C=C\C(C)C)C[C@@H]1C.NC1CC(N)C1. The summed E-state index contributed by atoms with van der Waals surface area (Å²) < 4.78 is 35.8. The predicted molar refractivity (Wildman–Crippen MR) is 311 cm³/mol. The number of aliphatic carboxylic acids is 1. The Bertz CT molecular complexity index is 2250. The molecular weight excluding hydrogens is 1030 g/mol. The van der Waals surface area contributed by atoms with Gasteiger partial charge in [-0.1, -0.05) is 101 Å². The van der Waals surface area contributed by atoms with Gasteiger partial charge in [0.2, 0.25) is 11.8 Å². The summed E-state index contributed by atoms with van der Waals surface area (Å²) in [5.41, 5.74) is 17.4. The molecule has 2 saturated carbocycles. The largest absolute Gasteiger partial charge is 0.481 e. The third-order valence-electron chi connectivity index (χ3n) is 17.2. The molecule has 0 aromatic heterocycles. The van der Waals surface area contributed by atoms with Gasteiger partial charge in [-0.25, -0.2) is 0 Å². The number of carboxylic acids is 1. The maximum Gasteiger partial charge on any atom is 0.305 e. The molecule has 8 rings (SSSR count). The summed E-state index contributed by atoms with van der Waals surface area (Å²) in [4.78, 5) is 48.2. The summed E-state index contributed by atoms with van der Waals surface area (Å²) in [6, 6.07) is 1.05. The van der Waals surface area contributed by atoms with Gasteiger partial charge in [0.25, 0.3) is 0 Å². The van der Waals surface area contributed by atoms with E-state index in [1.165, 1.54) is 0 Å². The van der Waals surface area contributed by atoms with E-state index >= 15 is 0 Å². The maximum atomic E-state index is 12.6. The second-order valence-electron chi connectivity index (χ2n) is 25.8. The van der Waals surface area contributed by atoms with E-state index in [1.54, 1.807) is 18.2 Å². The fourth-order valence-electron chi connectivity index (χ4n) is 11.8. The Kier molecular flexibility index (Phi) is 24.7. The number of nitrogens with two attached hydrogens (primary N) is 3. The lowest BCUT2D eigenvalue weighted by atomic mass is 9.77. The Morgan fingerprint density at radius 2 is 0.975 bits per heavy atom. The molecule has 2 spiro atoms. The van der Waals surface area contributed by atoms with Crippen LogP contribution in [0.1, 0.15) is 153 Å². The van der Waals surface area contributed by atoms with Gasteiger partial charge in [-0.15, -0.1) is 0 Å². The highest BCUT2D eigenvalue weighted by Gasteiger charge is 2.59. The van der Waals surface area contributed by atoms with Crippen molar-refractivity contribution in [2.45, 2.75) is 255 Å². The summed E-state index contributed by atoms with van der Waals surface area (Å²) >= 11 is 0. The normalized spacial score (nSPS) is 39.5. The number of rotatable bonds is 20. The van der Waals surface area contributed by atoms with E-state index in [2.05, 4.69) is 36.6 Å². The molecule has 18 nitrogen and oxygen atoms in total. The second-order valence-corrected chi connectivity index (χ2v) is 25.8. The number of aliphatic hydroxyl groups excluding tert-OH is 2. The van der Waals surface area contributed by atoms with Crippen LogP contribution in [0.25, 0.3) is 0 Å². The van der Waals surface area contributed by atoms with E-state index in [-0.39, 0.29) is 78.6 Å². The van der Waals surface area contributed by atoms with Gasteiger partial charge < -0.3 is 71.6 Å². The Hall–Kier alpha value is -3.92. The first-order valence-corrected chi connectivity index (χ1v) is 30.1. The standard InChI is InChI=1S/C32H50N2O6.C27H41NO7.C4H10N2/c1-19(2)6-11-30(36)34-27-12-21(4)28(39-22(27)5)9-7-20(3)8-10-29-31(37)32(18-38-32)17-26(40-29)16-25(35)15-23-13-24(33)14-23;1-16(2)6-11-24(29)28-21-12-18(4)22(34-19(21)5)9-7-17(3)8-10-23-26(32)27(15-33-27)14-20(35-23)13-25(30)31;5-3-1-4(6)2-3/h6-8,10-11,19,21-24,26-29,31,37H,9,12-18,33H2,1-5H3,(H,34,36);6-8,10-11,16,18-23,26,32H,9,12-15H2,1-5H3,(H,28,29)(H,30,31);3-4H,1-2,5-6H2/b10-8+,11-6-,20-7+;10-8+,11-6-,17-7+;/t21-,22+,23?,24?,26+,27+,28-,29+,31+,32+;18-,19+,20+,21+,22-,23+,26+,27+;/m00./s1. The number of ketones is 1. The van der Waals surface area contributed by atoms with Crippen molar-refractivity contribution >= 4 is 23.6 Å². The van der Waals surface area contributed by atoms with E-state index in [1.807, 2.05) is 85.8 Å². The minimum absolute atomic E-state index is 0.00596. The van der Waals surface area contributed by atoms with Crippen LogP contribution in [0.15, 0.2) is 71.9 Å². The Labute approximate surface area is 482 Å². The molecule has 6 saturated heterocycles. The number of carboxylic acid groups (broad SMARTS) is 1. The van der Waals surface area contributed by atoms with Gasteiger partial charge in [-0.3, -0.25) is 19.2 Å². The van der Waals surface area contributed by atoms with E-state index in [4.69, 9.17) is 50.7 Å². The zero-order valence-electron chi connectivity index (χ0n) is 50.1. The van der Waals surface area contributed by atoms with E-state index in [0.29, 0.717) is 74.7 Å². The average Bonchev–Trinajstić information content (AvgIpc) is 4.45. The number of amides is 2. The van der Waals surface area contributed by atoms with E-state index < -0.39 is 47.7 Å². The molecule has 2 aliphatic carbocycles. The fraction of sp³-hybridized carbons (Fsp3) is 0.746. The Morgan fingerprint density at radius 1 is 0.580 bits per heavy atom. The number of epoxide rings is 2. The molecule has 0 unspecified atom stereocenters. The molecule has 456 valence electrons.